The predicted octanol–water partition coefficient (Wildman–Crippen LogP) is 2.34. The molecule has 6 nitrogen and oxygen atoms in total. The summed E-state index contributed by atoms with van der Waals surface area (Å²) in [5.74, 6) is -0.622. The first-order valence-corrected chi connectivity index (χ1v) is 6.31. The fraction of sp³-hybridized carbons (Fsp3) is 0.462. The second-order valence-corrected chi connectivity index (χ2v) is 4.25. The van der Waals surface area contributed by atoms with Gasteiger partial charge < -0.3 is 15.7 Å². The van der Waals surface area contributed by atoms with Gasteiger partial charge in [0.05, 0.1) is 11.9 Å². The summed E-state index contributed by atoms with van der Waals surface area (Å²) in [5, 5.41) is 14.1. The Morgan fingerprint density at radius 2 is 2.00 bits per heavy atom. The fourth-order valence-electron chi connectivity index (χ4n) is 1.58. The fourth-order valence-corrected chi connectivity index (χ4v) is 1.58. The number of carbonyl (C=O) groups excluding carboxylic acids is 1. The molecule has 6 heteroatoms. The van der Waals surface area contributed by atoms with Crippen LogP contribution in [-0.2, 0) is 0 Å². The minimum atomic E-state index is -1.09. The molecule has 1 heterocycles. The molecule has 104 valence electrons. The van der Waals surface area contributed by atoms with Crippen LogP contribution in [0.3, 0.4) is 0 Å². The number of anilines is 1. The van der Waals surface area contributed by atoms with Crippen molar-refractivity contribution in [3.8, 4) is 0 Å². The van der Waals surface area contributed by atoms with Crippen molar-refractivity contribution in [3.05, 3.63) is 24.0 Å². The van der Waals surface area contributed by atoms with E-state index in [2.05, 4.69) is 29.5 Å². The summed E-state index contributed by atoms with van der Waals surface area (Å²) in [5.41, 5.74) is 0.412. The van der Waals surface area contributed by atoms with E-state index in [0.717, 1.165) is 12.8 Å². The summed E-state index contributed by atoms with van der Waals surface area (Å²) in [6.07, 6.45) is 3.36. The van der Waals surface area contributed by atoms with Crippen LogP contribution in [0, 0.1) is 5.92 Å². The normalized spacial score (nSPS) is 10.3. The number of hydrogen-bond donors (Lipinski definition) is 3. The van der Waals surface area contributed by atoms with Gasteiger partial charge in [0.25, 0.3) is 0 Å². The highest BCUT2D eigenvalue weighted by atomic mass is 16.4. The Morgan fingerprint density at radius 3 is 2.47 bits per heavy atom. The summed E-state index contributed by atoms with van der Waals surface area (Å²) < 4.78 is 0. The molecule has 19 heavy (non-hydrogen) atoms. The Bertz CT molecular complexity index is 427. The van der Waals surface area contributed by atoms with Gasteiger partial charge in [-0.15, -0.1) is 0 Å². The molecule has 0 aliphatic rings. The number of urea groups is 1. The van der Waals surface area contributed by atoms with Crippen LogP contribution in [0.4, 0.5) is 10.5 Å². The van der Waals surface area contributed by atoms with Gasteiger partial charge in [0, 0.05) is 6.54 Å². The number of nitrogens with one attached hydrogen (secondary N) is 2. The third-order valence-electron chi connectivity index (χ3n) is 2.95. The molecule has 2 amide bonds. The molecule has 0 saturated carbocycles. The number of aromatic carboxylic acids is 1. The molecule has 0 atom stereocenters. The molecule has 0 aromatic carbocycles. The predicted molar refractivity (Wildman–Crippen MR) is 72.3 cm³/mol. The molecule has 0 saturated heterocycles. The maximum atomic E-state index is 11.6. The van der Waals surface area contributed by atoms with Crippen molar-refractivity contribution < 1.29 is 14.7 Å². The van der Waals surface area contributed by atoms with E-state index in [4.69, 9.17) is 5.11 Å². The molecule has 0 aliphatic heterocycles. The number of carboxylic acid groups (broad SMARTS) is 1. The third kappa shape index (κ3) is 4.95. The van der Waals surface area contributed by atoms with Gasteiger partial charge in [0.15, 0.2) is 0 Å². The van der Waals surface area contributed by atoms with Gasteiger partial charge in [0.1, 0.15) is 5.69 Å². The second-order valence-electron chi connectivity index (χ2n) is 4.25. The number of aromatic nitrogens is 1. The van der Waals surface area contributed by atoms with Gasteiger partial charge in [-0.25, -0.2) is 14.6 Å². The van der Waals surface area contributed by atoms with Crippen molar-refractivity contribution in [3.63, 3.8) is 0 Å². The van der Waals surface area contributed by atoms with Crippen LogP contribution < -0.4 is 10.6 Å². The number of carboxylic acids is 1. The molecular formula is C13H19N3O3. The standard InChI is InChI=1S/C13H19N3O3/c1-3-9(4-2)7-15-13(19)16-10-5-6-11(12(17)18)14-8-10/h5-6,8-9H,3-4,7H2,1-2H3,(H,17,18)(H2,15,16,19). The Kier molecular flexibility index (Phi) is 5.78. The zero-order valence-electron chi connectivity index (χ0n) is 11.1. The summed E-state index contributed by atoms with van der Waals surface area (Å²) in [6, 6.07) is 2.54. The Morgan fingerprint density at radius 1 is 1.32 bits per heavy atom. The first-order valence-electron chi connectivity index (χ1n) is 6.31. The Hall–Kier alpha value is -2.11. The first-order chi connectivity index (χ1) is 9.06. The molecule has 0 bridgehead atoms. The number of rotatable bonds is 6. The lowest BCUT2D eigenvalue weighted by Crippen LogP contribution is -2.32. The molecule has 1 aromatic rings. The van der Waals surface area contributed by atoms with E-state index in [9.17, 15) is 9.59 Å². The van der Waals surface area contributed by atoms with E-state index in [0.29, 0.717) is 18.2 Å². The van der Waals surface area contributed by atoms with Gasteiger partial charge in [-0.2, -0.15) is 0 Å². The molecule has 3 N–H and O–H groups in total. The Balaban J connectivity index is 2.46. The zero-order valence-corrected chi connectivity index (χ0v) is 11.1. The van der Waals surface area contributed by atoms with Crippen LogP contribution in [0.15, 0.2) is 18.3 Å². The average molecular weight is 265 g/mol. The van der Waals surface area contributed by atoms with Crippen molar-refractivity contribution in [2.24, 2.45) is 5.92 Å². The third-order valence-corrected chi connectivity index (χ3v) is 2.95. The maximum Gasteiger partial charge on any atom is 0.354 e. The lowest BCUT2D eigenvalue weighted by atomic mass is 10.0. The molecule has 1 aromatic heterocycles. The number of hydrogen-bond acceptors (Lipinski definition) is 3. The van der Waals surface area contributed by atoms with Gasteiger partial charge >= 0.3 is 12.0 Å². The minimum absolute atomic E-state index is 0.0528. The summed E-state index contributed by atoms with van der Waals surface area (Å²) in [6.45, 7) is 4.80. The number of amides is 2. The molecule has 0 fully saturated rings. The van der Waals surface area contributed by atoms with Crippen molar-refractivity contribution >= 4 is 17.7 Å². The van der Waals surface area contributed by atoms with E-state index in [1.807, 2.05) is 0 Å². The van der Waals surface area contributed by atoms with Crippen LogP contribution in [0.5, 0.6) is 0 Å². The van der Waals surface area contributed by atoms with Gasteiger partial charge in [0.2, 0.25) is 0 Å². The van der Waals surface area contributed by atoms with Crippen molar-refractivity contribution in [1.82, 2.24) is 10.3 Å². The monoisotopic (exact) mass is 265 g/mol. The largest absolute Gasteiger partial charge is 0.477 e. The molecule has 0 radical (unpaired) electrons. The lowest BCUT2D eigenvalue weighted by Gasteiger charge is -2.13. The summed E-state index contributed by atoms with van der Waals surface area (Å²) in [4.78, 5) is 25.9. The van der Waals surface area contributed by atoms with Gasteiger partial charge in [-0.1, -0.05) is 26.7 Å². The van der Waals surface area contributed by atoms with E-state index in [1.54, 1.807) is 0 Å². The molecule has 1 rings (SSSR count). The number of pyridine rings is 1. The number of carbonyl (C=O) groups is 2. The zero-order chi connectivity index (χ0) is 14.3. The van der Waals surface area contributed by atoms with E-state index < -0.39 is 5.97 Å². The lowest BCUT2D eigenvalue weighted by molar-refractivity contribution is 0.0690. The Labute approximate surface area is 112 Å². The van der Waals surface area contributed by atoms with E-state index >= 15 is 0 Å². The van der Waals surface area contributed by atoms with E-state index in [-0.39, 0.29) is 11.7 Å². The summed E-state index contributed by atoms with van der Waals surface area (Å²) >= 11 is 0. The topological polar surface area (TPSA) is 91.3 Å². The molecule has 0 aliphatic carbocycles. The van der Waals surface area contributed by atoms with Gasteiger partial charge in [-0.3, -0.25) is 0 Å². The average Bonchev–Trinajstić information content (AvgIpc) is 2.40. The molecule has 0 spiro atoms. The maximum absolute atomic E-state index is 11.6. The molecule has 0 unspecified atom stereocenters. The number of nitrogens with zero attached hydrogens (tertiary/aromatic N) is 1. The van der Waals surface area contributed by atoms with Crippen LogP contribution in [0.25, 0.3) is 0 Å². The van der Waals surface area contributed by atoms with Crippen LogP contribution in [-0.4, -0.2) is 28.6 Å². The smallest absolute Gasteiger partial charge is 0.354 e. The minimum Gasteiger partial charge on any atom is -0.477 e. The summed E-state index contributed by atoms with van der Waals surface area (Å²) in [7, 11) is 0. The van der Waals surface area contributed by atoms with E-state index in [1.165, 1.54) is 18.3 Å². The second kappa shape index (κ2) is 7.35. The van der Waals surface area contributed by atoms with Crippen LogP contribution in [0.2, 0.25) is 0 Å². The quantitative estimate of drug-likeness (QED) is 0.736. The highest BCUT2D eigenvalue weighted by Gasteiger charge is 2.08. The highest BCUT2D eigenvalue weighted by Crippen LogP contribution is 2.07. The van der Waals surface area contributed by atoms with Crippen molar-refractivity contribution in [2.45, 2.75) is 26.7 Å². The van der Waals surface area contributed by atoms with Gasteiger partial charge in [-0.05, 0) is 18.1 Å². The van der Waals surface area contributed by atoms with Crippen molar-refractivity contribution in [1.29, 1.82) is 0 Å². The first kappa shape index (κ1) is 14.9. The van der Waals surface area contributed by atoms with Crippen molar-refractivity contribution in [2.75, 3.05) is 11.9 Å². The van der Waals surface area contributed by atoms with Crippen LogP contribution >= 0.6 is 0 Å². The molecular weight excluding hydrogens is 246 g/mol. The highest BCUT2D eigenvalue weighted by molar-refractivity contribution is 5.90. The SMILES string of the molecule is CCC(CC)CNC(=O)Nc1ccc(C(=O)O)nc1. The van der Waals surface area contributed by atoms with Crippen LogP contribution in [0.1, 0.15) is 37.2 Å².